The minimum atomic E-state index is -1.07. The second-order valence-corrected chi connectivity index (χ2v) is 7.58. The predicted octanol–water partition coefficient (Wildman–Crippen LogP) is 5.92. The maximum absolute atomic E-state index is 13.7. The Hall–Kier alpha value is -4.00. The molecule has 0 aliphatic heterocycles. The van der Waals surface area contributed by atoms with Crippen molar-refractivity contribution < 1.29 is 23.1 Å². The molecule has 0 saturated carbocycles. The number of hydrogen-bond acceptors (Lipinski definition) is 4. The summed E-state index contributed by atoms with van der Waals surface area (Å²) < 4.78 is 33.4. The van der Waals surface area contributed by atoms with E-state index in [1.54, 1.807) is 31.2 Å². The Morgan fingerprint density at radius 2 is 1.72 bits per heavy atom. The molecule has 1 heterocycles. The number of fused-ring (bicyclic) bond motifs is 1. The van der Waals surface area contributed by atoms with E-state index in [9.17, 15) is 23.5 Å². The summed E-state index contributed by atoms with van der Waals surface area (Å²) in [6.07, 6.45) is 0. The number of halogens is 2. The Balaban J connectivity index is 1.86. The molecule has 5 nitrogen and oxygen atoms in total. The smallest absolute Gasteiger partial charge is 0.337 e. The van der Waals surface area contributed by atoms with Gasteiger partial charge in [0.15, 0.2) is 5.43 Å². The first-order valence-electron chi connectivity index (χ1n) is 9.86. The Kier molecular flexibility index (Phi) is 5.48. The van der Waals surface area contributed by atoms with E-state index < -0.39 is 23.6 Å². The van der Waals surface area contributed by atoms with Gasteiger partial charge in [0.2, 0.25) is 0 Å². The van der Waals surface area contributed by atoms with E-state index in [4.69, 9.17) is 4.42 Å². The van der Waals surface area contributed by atoms with Crippen molar-refractivity contribution in [3.8, 4) is 11.3 Å². The van der Waals surface area contributed by atoms with Crippen molar-refractivity contribution in [3.63, 3.8) is 0 Å². The standard InChI is InChI=1S/C25H19F2NO4/c1-13-7-19(14(2)28-21-6-4-3-5-18(21)25(30)31)24-20(8-13)22(29)12-23(32-24)15-9-16(26)11-17(27)10-15/h3-12,14,28H,1-2H3,(H,30,31)/t14-/m1/s1. The number of benzene rings is 3. The summed E-state index contributed by atoms with van der Waals surface area (Å²) in [7, 11) is 0. The van der Waals surface area contributed by atoms with Crippen LogP contribution in [0.4, 0.5) is 14.5 Å². The van der Waals surface area contributed by atoms with Crippen LogP contribution in [-0.4, -0.2) is 11.1 Å². The maximum atomic E-state index is 13.7. The van der Waals surface area contributed by atoms with Gasteiger partial charge in [-0.1, -0.05) is 18.2 Å². The van der Waals surface area contributed by atoms with Gasteiger partial charge in [-0.3, -0.25) is 4.79 Å². The van der Waals surface area contributed by atoms with Gasteiger partial charge in [0.05, 0.1) is 17.0 Å². The van der Waals surface area contributed by atoms with Gasteiger partial charge in [-0.15, -0.1) is 0 Å². The molecule has 4 rings (SSSR count). The molecule has 0 aliphatic rings. The lowest BCUT2D eigenvalue weighted by Gasteiger charge is -2.19. The maximum Gasteiger partial charge on any atom is 0.337 e. The molecule has 0 bridgehead atoms. The number of aryl methyl sites for hydroxylation is 1. The first-order chi connectivity index (χ1) is 15.2. The Bertz CT molecular complexity index is 1390. The molecule has 7 heteroatoms. The molecular weight excluding hydrogens is 416 g/mol. The highest BCUT2D eigenvalue weighted by atomic mass is 19.1. The second-order valence-electron chi connectivity index (χ2n) is 7.58. The number of rotatable bonds is 5. The highest BCUT2D eigenvalue weighted by Crippen LogP contribution is 2.31. The molecule has 1 aromatic heterocycles. The molecular formula is C25H19F2NO4. The first kappa shape index (κ1) is 21.2. The first-order valence-corrected chi connectivity index (χ1v) is 9.86. The van der Waals surface area contributed by atoms with Crippen molar-refractivity contribution in [2.45, 2.75) is 19.9 Å². The Labute approximate surface area is 181 Å². The van der Waals surface area contributed by atoms with Crippen LogP contribution in [-0.2, 0) is 0 Å². The molecule has 3 aromatic carbocycles. The lowest BCUT2D eigenvalue weighted by Crippen LogP contribution is -2.12. The van der Waals surface area contributed by atoms with E-state index in [0.717, 1.165) is 23.8 Å². The molecule has 0 unspecified atom stereocenters. The van der Waals surface area contributed by atoms with Crippen LogP contribution in [0.2, 0.25) is 0 Å². The summed E-state index contributed by atoms with van der Waals surface area (Å²) in [5, 5.41) is 12.9. The lowest BCUT2D eigenvalue weighted by atomic mass is 10.00. The van der Waals surface area contributed by atoms with Gasteiger partial charge < -0.3 is 14.8 Å². The van der Waals surface area contributed by atoms with Crippen molar-refractivity contribution >= 4 is 22.6 Å². The van der Waals surface area contributed by atoms with Crippen LogP contribution in [0.1, 0.15) is 34.5 Å². The average molecular weight is 435 g/mol. The van der Waals surface area contributed by atoms with Crippen LogP contribution >= 0.6 is 0 Å². The third kappa shape index (κ3) is 4.09. The fraction of sp³-hybridized carbons (Fsp3) is 0.120. The molecule has 0 saturated heterocycles. The molecule has 4 aromatic rings. The van der Waals surface area contributed by atoms with Crippen molar-refractivity contribution in [1.29, 1.82) is 0 Å². The monoisotopic (exact) mass is 435 g/mol. The van der Waals surface area contributed by atoms with E-state index in [-0.39, 0.29) is 27.9 Å². The molecule has 0 radical (unpaired) electrons. The zero-order valence-corrected chi connectivity index (χ0v) is 17.3. The number of carbonyl (C=O) groups is 1. The molecule has 162 valence electrons. The normalized spacial score (nSPS) is 12.0. The van der Waals surface area contributed by atoms with Crippen molar-refractivity contribution in [1.82, 2.24) is 0 Å². The molecule has 32 heavy (non-hydrogen) atoms. The zero-order chi connectivity index (χ0) is 23.0. The van der Waals surface area contributed by atoms with Gasteiger partial charge in [0.1, 0.15) is 23.0 Å². The zero-order valence-electron chi connectivity index (χ0n) is 17.3. The van der Waals surface area contributed by atoms with E-state index >= 15 is 0 Å². The number of carboxylic acids is 1. The third-order valence-electron chi connectivity index (χ3n) is 5.14. The van der Waals surface area contributed by atoms with Gasteiger partial charge in [-0.25, -0.2) is 13.6 Å². The Morgan fingerprint density at radius 3 is 2.41 bits per heavy atom. The largest absolute Gasteiger partial charge is 0.478 e. The van der Waals surface area contributed by atoms with E-state index in [1.165, 1.54) is 12.1 Å². The minimum Gasteiger partial charge on any atom is -0.478 e. The van der Waals surface area contributed by atoms with Gasteiger partial charge >= 0.3 is 5.97 Å². The fourth-order valence-corrected chi connectivity index (χ4v) is 3.70. The van der Waals surface area contributed by atoms with Crippen LogP contribution in [0.5, 0.6) is 0 Å². The second kappa shape index (κ2) is 8.26. The number of carboxylic acid groups (broad SMARTS) is 1. The number of aromatic carboxylic acids is 1. The number of anilines is 1. The third-order valence-corrected chi connectivity index (χ3v) is 5.14. The molecule has 0 fully saturated rings. The van der Waals surface area contributed by atoms with Gasteiger partial charge in [-0.2, -0.15) is 0 Å². The van der Waals surface area contributed by atoms with Crippen LogP contribution in [0.25, 0.3) is 22.3 Å². The summed E-state index contributed by atoms with van der Waals surface area (Å²) in [5.41, 5.74) is 1.94. The van der Waals surface area contributed by atoms with Gasteiger partial charge in [0.25, 0.3) is 0 Å². The predicted molar refractivity (Wildman–Crippen MR) is 118 cm³/mol. The molecule has 2 N–H and O–H groups in total. The molecule has 1 atom stereocenters. The average Bonchev–Trinajstić information content (AvgIpc) is 2.73. The minimum absolute atomic E-state index is 0.0316. The van der Waals surface area contributed by atoms with Crippen molar-refractivity contribution in [3.05, 3.63) is 99.2 Å². The highest BCUT2D eigenvalue weighted by molar-refractivity contribution is 5.94. The van der Waals surface area contributed by atoms with E-state index in [1.807, 2.05) is 13.0 Å². The van der Waals surface area contributed by atoms with E-state index in [0.29, 0.717) is 16.6 Å². The van der Waals surface area contributed by atoms with Gasteiger partial charge in [0, 0.05) is 28.9 Å². The summed E-state index contributed by atoms with van der Waals surface area (Å²) in [6, 6.07) is 13.7. The quantitative estimate of drug-likeness (QED) is 0.407. The van der Waals surface area contributed by atoms with Crippen LogP contribution in [0.15, 0.2) is 69.9 Å². The van der Waals surface area contributed by atoms with E-state index in [2.05, 4.69) is 5.32 Å². The van der Waals surface area contributed by atoms with Crippen LogP contribution in [0.3, 0.4) is 0 Å². The SMILES string of the molecule is Cc1cc([C@@H](C)Nc2ccccc2C(=O)O)c2oc(-c3cc(F)cc(F)c3)cc(=O)c2c1. The summed E-state index contributed by atoms with van der Waals surface area (Å²) in [6.45, 7) is 3.64. The fourth-order valence-electron chi connectivity index (χ4n) is 3.70. The number of para-hydroxylation sites is 1. The summed E-state index contributed by atoms with van der Waals surface area (Å²) in [5.74, 6) is -2.61. The molecule has 0 spiro atoms. The van der Waals surface area contributed by atoms with Crippen LogP contribution in [0, 0.1) is 18.6 Å². The summed E-state index contributed by atoms with van der Waals surface area (Å²) in [4.78, 5) is 24.4. The van der Waals surface area contributed by atoms with Gasteiger partial charge in [-0.05, 0) is 49.7 Å². The van der Waals surface area contributed by atoms with Crippen molar-refractivity contribution in [2.75, 3.05) is 5.32 Å². The highest BCUT2D eigenvalue weighted by Gasteiger charge is 2.18. The lowest BCUT2D eigenvalue weighted by molar-refractivity contribution is 0.0698. The number of nitrogens with one attached hydrogen (secondary N) is 1. The molecule has 0 amide bonds. The topological polar surface area (TPSA) is 79.5 Å². The Morgan fingerprint density at radius 1 is 1.03 bits per heavy atom. The van der Waals surface area contributed by atoms with Crippen LogP contribution < -0.4 is 10.7 Å². The summed E-state index contributed by atoms with van der Waals surface area (Å²) >= 11 is 0. The van der Waals surface area contributed by atoms with Crippen molar-refractivity contribution in [2.24, 2.45) is 0 Å². The molecule has 0 aliphatic carbocycles. The number of hydrogen-bond donors (Lipinski definition) is 2.